The Bertz CT molecular complexity index is 1870. The van der Waals surface area contributed by atoms with Crippen molar-refractivity contribution in [1.29, 1.82) is 0 Å². The minimum atomic E-state index is -0.418. The van der Waals surface area contributed by atoms with E-state index in [0.29, 0.717) is 23.9 Å². The highest BCUT2D eigenvalue weighted by atomic mass is 16.5. The van der Waals surface area contributed by atoms with Crippen molar-refractivity contribution in [1.82, 2.24) is 9.13 Å². The van der Waals surface area contributed by atoms with Crippen LogP contribution >= 0.6 is 0 Å². The van der Waals surface area contributed by atoms with Gasteiger partial charge in [-0.3, -0.25) is 14.2 Å². The summed E-state index contributed by atoms with van der Waals surface area (Å²) < 4.78 is 14.5. The topological polar surface area (TPSA) is 91.9 Å². The van der Waals surface area contributed by atoms with E-state index in [4.69, 9.17) is 9.47 Å². The predicted molar refractivity (Wildman–Crippen MR) is 241 cm³/mol. The van der Waals surface area contributed by atoms with Gasteiger partial charge in [-0.05, 0) is 134 Å². The number of allylic oxidation sites excluding steroid dienone is 1. The number of carbonyl (C=O) groups is 1. The third-order valence-corrected chi connectivity index (χ3v) is 15.8. The lowest BCUT2D eigenvalue weighted by atomic mass is 9.47. The summed E-state index contributed by atoms with van der Waals surface area (Å²) in [4.78, 5) is 41.4. The number of benzene rings is 1. The van der Waals surface area contributed by atoms with Crippen LogP contribution in [0.2, 0.25) is 0 Å². The summed E-state index contributed by atoms with van der Waals surface area (Å²) >= 11 is 0. The molecule has 0 amide bonds. The van der Waals surface area contributed by atoms with Crippen LogP contribution in [-0.4, -0.2) is 34.0 Å². The average molecular weight is 812 g/mol. The number of fused-ring (bicyclic) bond motifs is 5. The van der Waals surface area contributed by atoms with Crippen LogP contribution in [0, 0.1) is 46.3 Å². The van der Waals surface area contributed by atoms with E-state index in [1.54, 1.807) is 18.8 Å². The minimum Gasteiger partial charge on any atom is -0.494 e. The molecule has 1 aromatic heterocycles. The predicted octanol–water partition coefficient (Wildman–Crippen LogP) is 11.7. The highest BCUT2D eigenvalue weighted by Crippen LogP contribution is 2.67. The molecular weight excluding hydrogens is 735 g/mol. The lowest BCUT2D eigenvalue weighted by molar-refractivity contribution is -0.151. The molecule has 0 radical (unpaired) electrons. The van der Waals surface area contributed by atoms with Crippen molar-refractivity contribution in [3.05, 3.63) is 68.5 Å². The standard InChI is InChI=1S/C51H77N3O5/c1-36(2)17-16-18-37(3)43-26-27-44-42-25-22-39-33-41(28-30-50(39,4)45(42)29-31-51(43,44)5)59-47(55)19-14-12-10-8-9-11-13-15-32-58-40-23-20-38(21-24-40)34-52-46-35-53(6)49(57)54(7)48(46)56/h20-24,34-37,41-45H,8-19,25-33H2,1-7H3/t37-,41?,42+,43-,44+,45+,50+,51-/m1/s1. The van der Waals surface area contributed by atoms with Crippen LogP contribution in [0.1, 0.15) is 169 Å². The zero-order valence-electron chi connectivity index (χ0n) is 37.8. The number of aromatic nitrogens is 2. The summed E-state index contributed by atoms with van der Waals surface area (Å²) in [6.07, 6.45) is 29.6. The summed E-state index contributed by atoms with van der Waals surface area (Å²) in [6.45, 7) is 13.3. The van der Waals surface area contributed by atoms with Crippen LogP contribution in [0.5, 0.6) is 5.75 Å². The van der Waals surface area contributed by atoms with E-state index in [9.17, 15) is 14.4 Å². The number of nitrogens with zero attached hydrogens (tertiary/aromatic N) is 3. The maximum absolute atomic E-state index is 12.9. The molecule has 0 N–H and O–H groups in total. The molecule has 4 aliphatic rings. The van der Waals surface area contributed by atoms with Gasteiger partial charge < -0.3 is 14.0 Å². The minimum absolute atomic E-state index is 0.0111. The highest BCUT2D eigenvalue weighted by molar-refractivity contribution is 5.81. The quantitative estimate of drug-likeness (QED) is 0.0575. The van der Waals surface area contributed by atoms with Crippen molar-refractivity contribution in [2.75, 3.05) is 6.61 Å². The van der Waals surface area contributed by atoms with Crippen LogP contribution in [0.25, 0.3) is 0 Å². The van der Waals surface area contributed by atoms with E-state index in [-0.39, 0.29) is 23.5 Å². The Morgan fingerprint density at radius 2 is 1.58 bits per heavy atom. The van der Waals surface area contributed by atoms with Gasteiger partial charge in [-0.2, -0.15) is 0 Å². The molecule has 1 aromatic carbocycles. The van der Waals surface area contributed by atoms with Crippen molar-refractivity contribution in [3.63, 3.8) is 0 Å². The molecule has 8 nitrogen and oxygen atoms in total. The van der Waals surface area contributed by atoms with Crippen molar-refractivity contribution < 1.29 is 14.3 Å². The number of rotatable bonds is 20. The molecule has 59 heavy (non-hydrogen) atoms. The van der Waals surface area contributed by atoms with Gasteiger partial charge >= 0.3 is 11.7 Å². The average Bonchev–Trinajstić information content (AvgIpc) is 3.57. The second-order valence-electron chi connectivity index (χ2n) is 20.2. The zero-order chi connectivity index (χ0) is 42.2. The fraction of sp³-hybridized carbons (Fsp3) is 0.725. The highest BCUT2D eigenvalue weighted by Gasteiger charge is 2.59. The molecule has 3 saturated carbocycles. The Morgan fingerprint density at radius 3 is 2.31 bits per heavy atom. The van der Waals surface area contributed by atoms with Crippen molar-refractivity contribution >= 4 is 17.9 Å². The van der Waals surface area contributed by atoms with Gasteiger partial charge in [0.2, 0.25) is 0 Å². The molecule has 0 aliphatic heterocycles. The van der Waals surface area contributed by atoms with Crippen LogP contribution in [0.3, 0.4) is 0 Å². The lowest BCUT2D eigenvalue weighted by Gasteiger charge is -2.58. The molecule has 0 spiro atoms. The van der Waals surface area contributed by atoms with E-state index in [1.807, 2.05) is 24.3 Å². The third-order valence-electron chi connectivity index (χ3n) is 15.8. The van der Waals surface area contributed by atoms with E-state index >= 15 is 0 Å². The van der Waals surface area contributed by atoms with Crippen molar-refractivity contribution in [2.24, 2.45) is 65.4 Å². The number of ether oxygens (including phenoxy) is 2. The lowest BCUT2D eigenvalue weighted by Crippen LogP contribution is -2.51. The summed E-state index contributed by atoms with van der Waals surface area (Å²) in [5, 5.41) is 0. The number of aliphatic imine (C=N–C) groups is 1. The number of hydrogen-bond donors (Lipinski definition) is 0. The third kappa shape index (κ3) is 10.9. The number of unbranched alkanes of at least 4 members (excludes halogenated alkanes) is 7. The van der Waals surface area contributed by atoms with Crippen LogP contribution in [-0.2, 0) is 23.6 Å². The molecule has 1 unspecified atom stereocenters. The molecule has 8 atom stereocenters. The first-order chi connectivity index (χ1) is 28.3. The number of hydrogen-bond acceptors (Lipinski definition) is 6. The smallest absolute Gasteiger partial charge is 0.330 e. The van der Waals surface area contributed by atoms with Gasteiger partial charge in [0.1, 0.15) is 17.5 Å². The molecule has 4 aliphatic carbocycles. The van der Waals surface area contributed by atoms with E-state index in [0.717, 1.165) is 89.9 Å². The maximum atomic E-state index is 12.9. The Hall–Kier alpha value is -3.42. The van der Waals surface area contributed by atoms with E-state index < -0.39 is 5.56 Å². The Morgan fingerprint density at radius 1 is 0.864 bits per heavy atom. The Balaban J connectivity index is 0.812. The summed E-state index contributed by atoms with van der Waals surface area (Å²) in [5.41, 5.74) is 2.70. The molecular formula is C51H77N3O5. The first kappa shape index (κ1) is 45.1. The molecule has 326 valence electrons. The normalized spacial score (nSPS) is 28.2. The SMILES string of the molecule is CC(C)CCC[C@@H](C)[C@H]1CC[C@H]2[C@@H]3CC=C4CC(OC(=O)CCCCCCCCCCOc5ccc(C=Nc6cn(C)c(=O)n(C)c6=O)cc5)CC[C@]4(C)[C@H]3CC[C@]12C. The second-order valence-corrected chi connectivity index (χ2v) is 20.2. The van der Waals surface area contributed by atoms with Gasteiger partial charge in [0.15, 0.2) is 0 Å². The Kier molecular flexibility index (Phi) is 15.6. The maximum Gasteiger partial charge on any atom is 0.330 e. The Labute approximate surface area is 355 Å². The number of aryl methyl sites for hydroxylation is 1. The molecule has 0 saturated heterocycles. The first-order valence-electron chi connectivity index (χ1n) is 23.7. The van der Waals surface area contributed by atoms with Gasteiger partial charge in [-0.25, -0.2) is 9.79 Å². The molecule has 2 aromatic rings. The van der Waals surface area contributed by atoms with Crippen LogP contribution in [0.4, 0.5) is 5.69 Å². The molecule has 6 rings (SSSR count). The van der Waals surface area contributed by atoms with E-state index in [2.05, 4.69) is 45.7 Å². The summed E-state index contributed by atoms with van der Waals surface area (Å²) in [6, 6.07) is 7.63. The molecule has 0 bridgehead atoms. The van der Waals surface area contributed by atoms with Gasteiger partial charge in [-0.1, -0.05) is 104 Å². The fourth-order valence-electron chi connectivity index (χ4n) is 12.3. The van der Waals surface area contributed by atoms with Crippen molar-refractivity contribution in [2.45, 2.75) is 169 Å². The van der Waals surface area contributed by atoms with Crippen LogP contribution < -0.4 is 16.0 Å². The van der Waals surface area contributed by atoms with Crippen molar-refractivity contribution in [3.8, 4) is 5.75 Å². The second kappa shape index (κ2) is 20.4. The van der Waals surface area contributed by atoms with Gasteiger partial charge in [0.05, 0.1) is 6.61 Å². The first-order valence-corrected chi connectivity index (χ1v) is 23.7. The summed E-state index contributed by atoms with van der Waals surface area (Å²) in [5.74, 6) is 5.93. The fourth-order valence-corrected chi connectivity index (χ4v) is 12.3. The monoisotopic (exact) mass is 812 g/mol. The molecule has 8 heteroatoms. The van der Waals surface area contributed by atoms with Gasteiger partial charge in [0, 0.05) is 39.3 Å². The number of esters is 1. The number of carbonyl (C=O) groups excluding carboxylic acids is 1. The largest absolute Gasteiger partial charge is 0.494 e. The van der Waals surface area contributed by atoms with Crippen LogP contribution in [0.15, 0.2) is 56.7 Å². The van der Waals surface area contributed by atoms with Gasteiger partial charge in [0.25, 0.3) is 5.56 Å². The zero-order valence-corrected chi connectivity index (χ0v) is 37.8. The molecule has 1 heterocycles. The summed E-state index contributed by atoms with van der Waals surface area (Å²) in [7, 11) is 3.05. The van der Waals surface area contributed by atoms with Gasteiger partial charge in [-0.15, -0.1) is 0 Å². The van der Waals surface area contributed by atoms with E-state index in [1.165, 1.54) is 101 Å². The molecule has 3 fully saturated rings.